The molecule has 0 saturated carbocycles. The molecule has 1 aromatic heterocycles. The Morgan fingerprint density at radius 1 is 1.24 bits per heavy atom. The van der Waals surface area contributed by atoms with Crippen LogP contribution in [0.15, 0.2) is 36.4 Å². The number of benzene rings is 1. The summed E-state index contributed by atoms with van der Waals surface area (Å²) in [6, 6.07) is 7.56. The van der Waals surface area contributed by atoms with Crippen molar-refractivity contribution in [2.45, 2.75) is 26.3 Å². The Balaban J connectivity index is 1.44. The number of carbonyl (C=O) groups is 1. The maximum atomic E-state index is 12.6. The first kappa shape index (κ1) is 15.8. The number of nitrogens with one attached hydrogen (secondary N) is 1. The van der Waals surface area contributed by atoms with Gasteiger partial charge in [0.05, 0.1) is 6.54 Å². The highest BCUT2D eigenvalue weighted by Gasteiger charge is 2.35. The van der Waals surface area contributed by atoms with Crippen LogP contribution in [0, 0.1) is 11.8 Å². The lowest BCUT2D eigenvalue weighted by Gasteiger charge is -2.17. The van der Waals surface area contributed by atoms with E-state index in [-0.39, 0.29) is 6.03 Å². The number of hydrogen-bond acceptors (Lipinski definition) is 4. The van der Waals surface area contributed by atoms with Crippen molar-refractivity contribution in [2.24, 2.45) is 11.8 Å². The maximum absolute atomic E-state index is 12.6. The van der Waals surface area contributed by atoms with Gasteiger partial charge in [-0.1, -0.05) is 24.3 Å². The Morgan fingerprint density at radius 2 is 2.00 bits per heavy atom. The third-order valence-corrected chi connectivity index (χ3v) is 5.02. The molecule has 0 spiro atoms. The van der Waals surface area contributed by atoms with Crippen molar-refractivity contribution < 1.29 is 4.79 Å². The predicted octanol–water partition coefficient (Wildman–Crippen LogP) is 2.79. The van der Waals surface area contributed by atoms with E-state index in [1.807, 2.05) is 36.1 Å². The molecule has 1 N–H and O–H groups in total. The van der Waals surface area contributed by atoms with E-state index in [1.165, 1.54) is 0 Å². The monoisotopic (exact) mass is 338 g/mol. The second kappa shape index (κ2) is 6.66. The minimum absolute atomic E-state index is 0.0308. The first-order chi connectivity index (χ1) is 12.2. The largest absolute Gasteiger partial charge is 0.324 e. The number of urea groups is 1. The summed E-state index contributed by atoms with van der Waals surface area (Å²) in [5.41, 5.74) is 1.60. The average Bonchev–Trinajstić information content (AvgIpc) is 3.28. The van der Waals surface area contributed by atoms with Gasteiger partial charge < -0.3 is 10.2 Å². The van der Waals surface area contributed by atoms with Gasteiger partial charge in [-0.15, -0.1) is 10.2 Å². The second-order valence-electron chi connectivity index (χ2n) is 6.68. The number of hydrogen-bond donors (Lipinski definition) is 1. The van der Waals surface area contributed by atoms with E-state index in [9.17, 15) is 4.79 Å². The zero-order valence-electron chi connectivity index (χ0n) is 14.3. The van der Waals surface area contributed by atoms with Gasteiger partial charge in [0.2, 0.25) is 5.82 Å². The first-order valence-corrected chi connectivity index (χ1v) is 8.82. The predicted molar refractivity (Wildman–Crippen MR) is 94.9 cm³/mol. The highest BCUT2D eigenvalue weighted by Crippen LogP contribution is 2.33. The fourth-order valence-corrected chi connectivity index (χ4v) is 3.61. The van der Waals surface area contributed by atoms with Gasteiger partial charge in [-0.05, 0) is 48.9 Å². The summed E-state index contributed by atoms with van der Waals surface area (Å²) in [4.78, 5) is 16.1. The van der Waals surface area contributed by atoms with Gasteiger partial charge in [0.1, 0.15) is 0 Å². The number of aromatic nitrogens is 4. The van der Waals surface area contributed by atoms with E-state index < -0.39 is 0 Å². The van der Waals surface area contributed by atoms with Crippen molar-refractivity contribution in [3.8, 4) is 11.4 Å². The van der Waals surface area contributed by atoms with Gasteiger partial charge in [-0.3, -0.25) is 0 Å². The van der Waals surface area contributed by atoms with E-state index in [4.69, 9.17) is 0 Å². The third-order valence-electron chi connectivity index (χ3n) is 5.02. The van der Waals surface area contributed by atoms with Gasteiger partial charge in [-0.2, -0.15) is 4.80 Å². The summed E-state index contributed by atoms with van der Waals surface area (Å²) in [6.45, 7) is 4.32. The molecule has 1 fully saturated rings. The number of amides is 2. The van der Waals surface area contributed by atoms with Crippen LogP contribution >= 0.6 is 0 Å². The van der Waals surface area contributed by atoms with Crippen molar-refractivity contribution in [3.05, 3.63) is 36.4 Å². The maximum Gasteiger partial charge on any atom is 0.321 e. The molecule has 7 heteroatoms. The number of aryl methyl sites for hydroxylation is 1. The smallest absolute Gasteiger partial charge is 0.321 e. The van der Waals surface area contributed by atoms with Crippen molar-refractivity contribution in [1.29, 1.82) is 0 Å². The fourth-order valence-electron chi connectivity index (χ4n) is 3.61. The molecule has 130 valence electrons. The van der Waals surface area contributed by atoms with E-state index in [0.29, 0.717) is 24.2 Å². The summed E-state index contributed by atoms with van der Waals surface area (Å²) < 4.78 is 0. The molecule has 2 aromatic rings. The summed E-state index contributed by atoms with van der Waals surface area (Å²) in [5, 5.41) is 15.4. The van der Waals surface area contributed by atoms with Crippen LogP contribution < -0.4 is 5.32 Å². The van der Waals surface area contributed by atoms with Gasteiger partial charge >= 0.3 is 6.03 Å². The van der Waals surface area contributed by atoms with Gasteiger partial charge in [0.15, 0.2) is 0 Å². The van der Waals surface area contributed by atoms with Crippen LogP contribution in [0.5, 0.6) is 0 Å². The molecule has 0 radical (unpaired) electrons. The average molecular weight is 338 g/mol. The lowest BCUT2D eigenvalue weighted by atomic mass is 9.86. The molecule has 0 unspecified atom stereocenters. The van der Waals surface area contributed by atoms with Crippen molar-refractivity contribution in [1.82, 2.24) is 25.1 Å². The molecule has 0 bridgehead atoms. The lowest BCUT2D eigenvalue weighted by Crippen LogP contribution is -2.33. The number of anilines is 1. The molecular formula is C18H22N6O. The standard InChI is InChI=1S/C18H22N6O/c1-2-24-21-17(20-22-24)13-8-5-9-16(10-13)19-18(25)23-11-14-6-3-4-7-15(14)12-23/h3-5,8-10,14-15H,2,6-7,11-12H2,1H3,(H,19,25)/t14-,15+. The molecule has 4 rings (SSSR count). The van der Waals surface area contributed by atoms with E-state index >= 15 is 0 Å². The molecule has 2 heterocycles. The number of carbonyl (C=O) groups excluding carboxylic acids is 1. The summed E-state index contributed by atoms with van der Waals surface area (Å²) in [6.07, 6.45) is 6.65. The molecule has 2 atom stereocenters. The number of rotatable bonds is 3. The summed E-state index contributed by atoms with van der Waals surface area (Å²) in [5.74, 6) is 1.78. The lowest BCUT2D eigenvalue weighted by molar-refractivity contribution is 0.220. The van der Waals surface area contributed by atoms with Crippen LogP contribution in [0.3, 0.4) is 0 Å². The molecule has 1 saturated heterocycles. The molecule has 1 aliphatic heterocycles. The molecule has 25 heavy (non-hydrogen) atoms. The quantitative estimate of drug-likeness (QED) is 0.873. The topological polar surface area (TPSA) is 75.9 Å². The Labute approximate surface area is 146 Å². The molecule has 7 nitrogen and oxygen atoms in total. The van der Waals surface area contributed by atoms with Crippen molar-refractivity contribution >= 4 is 11.7 Å². The molecule has 1 aliphatic carbocycles. The molecule has 2 amide bonds. The Kier molecular flexibility index (Phi) is 4.21. The minimum Gasteiger partial charge on any atom is -0.324 e. The third kappa shape index (κ3) is 3.26. The normalized spacial score (nSPS) is 22.0. The van der Waals surface area contributed by atoms with Crippen LogP contribution in [-0.2, 0) is 6.54 Å². The van der Waals surface area contributed by atoms with Crippen LogP contribution in [0.1, 0.15) is 19.8 Å². The molecule has 2 aliphatic rings. The van der Waals surface area contributed by atoms with Crippen LogP contribution in [0.2, 0.25) is 0 Å². The Hall–Kier alpha value is -2.70. The van der Waals surface area contributed by atoms with E-state index in [2.05, 4.69) is 32.9 Å². The number of nitrogens with zero attached hydrogens (tertiary/aromatic N) is 5. The second-order valence-corrected chi connectivity index (χ2v) is 6.68. The fraction of sp³-hybridized carbons (Fsp3) is 0.444. The SMILES string of the molecule is CCn1nnc(-c2cccc(NC(=O)N3C[C@H]4CC=CC[C@H]4C3)c2)n1. The number of allylic oxidation sites excluding steroid dienone is 2. The zero-order valence-corrected chi connectivity index (χ0v) is 14.3. The highest BCUT2D eigenvalue weighted by molar-refractivity contribution is 5.90. The number of fused-ring (bicyclic) bond motifs is 1. The molecule has 1 aromatic carbocycles. The number of tetrazole rings is 1. The summed E-state index contributed by atoms with van der Waals surface area (Å²) in [7, 11) is 0. The van der Waals surface area contributed by atoms with Crippen LogP contribution in [0.25, 0.3) is 11.4 Å². The first-order valence-electron chi connectivity index (χ1n) is 8.82. The highest BCUT2D eigenvalue weighted by atomic mass is 16.2. The summed E-state index contributed by atoms with van der Waals surface area (Å²) >= 11 is 0. The molecular weight excluding hydrogens is 316 g/mol. The van der Waals surface area contributed by atoms with Crippen molar-refractivity contribution in [3.63, 3.8) is 0 Å². The van der Waals surface area contributed by atoms with Crippen LogP contribution in [0.4, 0.5) is 10.5 Å². The minimum atomic E-state index is -0.0308. The van der Waals surface area contributed by atoms with Gasteiger partial charge in [0, 0.05) is 24.3 Å². The van der Waals surface area contributed by atoms with Gasteiger partial charge in [0.25, 0.3) is 0 Å². The zero-order chi connectivity index (χ0) is 17.2. The Morgan fingerprint density at radius 3 is 2.68 bits per heavy atom. The van der Waals surface area contributed by atoms with Gasteiger partial charge in [-0.25, -0.2) is 4.79 Å². The van der Waals surface area contributed by atoms with E-state index in [1.54, 1.807) is 4.80 Å². The Bertz CT molecular complexity index is 782. The van der Waals surface area contributed by atoms with Crippen LogP contribution in [-0.4, -0.2) is 44.2 Å². The number of likely N-dealkylation sites (tertiary alicyclic amines) is 1. The van der Waals surface area contributed by atoms with E-state index in [0.717, 1.165) is 37.2 Å². The van der Waals surface area contributed by atoms with Crippen molar-refractivity contribution in [2.75, 3.05) is 18.4 Å².